The number of hydrogen-bond acceptors (Lipinski definition) is 1. The van der Waals surface area contributed by atoms with Gasteiger partial charge in [-0.1, -0.05) is 13.8 Å². The second-order valence-electron chi connectivity index (χ2n) is 3.13. The summed E-state index contributed by atoms with van der Waals surface area (Å²) in [6.45, 7) is 7.29. The molecule has 1 aromatic heterocycles. The maximum absolute atomic E-state index is 4.07. The molecule has 0 aliphatic heterocycles. The van der Waals surface area contributed by atoms with E-state index in [4.69, 9.17) is 0 Å². The minimum Gasteiger partial charge on any atom is -0.335 e. The first-order valence-electron chi connectivity index (χ1n) is 4.83. The number of aromatic nitrogens is 2. The van der Waals surface area contributed by atoms with Gasteiger partial charge in [0.1, 0.15) is 0 Å². The highest BCUT2D eigenvalue weighted by molar-refractivity contribution is 4.95. The van der Waals surface area contributed by atoms with E-state index in [0.29, 0.717) is 0 Å². The minimum absolute atomic E-state index is 0.952. The van der Waals surface area contributed by atoms with E-state index in [2.05, 4.69) is 16.5 Å². The summed E-state index contributed by atoms with van der Waals surface area (Å²) in [4.78, 5) is 4.07. The van der Waals surface area contributed by atoms with Gasteiger partial charge in [-0.2, -0.15) is 0 Å². The molecule has 0 amide bonds. The molecule has 0 N–H and O–H groups in total. The number of imidazole rings is 1. The second-order valence-corrected chi connectivity index (χ2v) is 3.13. The average Bonchev–Trinajstić information content (AvgIpc) is 2.82. The Morgan fingerprint density at radius 2 is 2.17 bits per heavy atom. The third-order valence-corrected chi connectivity index (χ3v) is 2.07. The molecular weight excluding hydrogens is 148 g/mol. The molecule has 2 heteroatoms. The highest BCUT2D eigenvalue weighted by atomic mass is 15.0. The van der Waals surface area contributed by atoms with E-state index in [0.717, 1.165) is 5.92 Å². The van der Waals surface area contributed by atoms with Crippen molar-refractivity contribution in [3.05, 3.63) is 18.2 Å². The van der Waals surface area contributed by atoms with Crippen molar-refractivity contribution in [2.24, 2.45) is 5.92 Å². The highest BCUT2D eigenvalue weighted by Gasteiger charge is 2.21. The van der Waals surface area contributed by atoms with Crippen molar-refractivity contribution in [3.8, 4) is 0 Å². The highest BCUT2D eigenvalue weighted by Crippen LogP contribution is 2.30. The summed E-state index contributed by atoms with van der Waals surface area (Å²) in [6, 6.07) is 0. The zero-order valence-electron chi connectivity index (χ0n) is 8.25. The fraction of sp³-hybridized carbons (Fsp3) is 0.700. The molecule has 2 nitrogen and oxygen atoms in total. The summed E-state index contributed by atoms with van der Waals surface area (Å²) >= 11 is 0. The van der Waals surface area contributed by atoms with E-state index in [-0.39, 0.29) is 0 Å². The lowest BCUT2D eigenvalue weighted by atomic mass is 10.4. The number of hydrogen-bond donors (Lipinski definition) is 0. The number of nitrogens with zero attached hydrogens (tertiary/aromatic N) is 2. The van der Waals surface area contributed by atoms with Gasteiger partial charge in [-0.05, 0) is 25.7 Å². The van der Waals surface area contributed by atoms with Gasteiger partial charge < -0.3 is 4.57 Å². The quantitative estimate of drug-likeness (QED) is 0.660. The lowest BCUT2D eigenvalue weighted by Crippen LogP contribution is -1.99. The van der Waals surface area contributed by atoms with E-state index in [1.54, 1.807) is 0 Å². The maximum atomic E-state index is 4.07. The first kappa shape index (κ1) is 9.30. The smallest absolute Gasteiger partial charge is 0.0948 e. The van der Waals surface area contributed by atoms with E-state index >= 15 is 0 Å². The zero-order valence-corrected chi connectivity index (χ0v) is 8.25. The third kappa shape index (κ3) is 2.36. The van der Waals surface area contributed by atoms with Crippen molar-refractivity contribution in [1.82, 2.24) is 9.55 Å². The van der Waals surface area contributed by atoms with Gasteiger partial charge in [0.2, 0.25) is 0 Å². The van der Waals surface area contributed by atoms with Crippen LogP contribution in [0.5, 0.6) is 0 Å². The Morgan fingerprint density at radius 3 is 2.58 bits per heavy atom. The predicted molar refractivity (Wildman–Crippen MR) is 51.0 cm³/mol. The maximum Gasteiger partial charge on any atom is 0.0948 e. The molecule has 2 rings (SSSR count). The standard InChI is InChI=1S/C8H12N2.C2H6/c1-7-4-9-6-10(7)5-8-2-3-8;1-2/h4,6,8H,2-3,5H2,1H3;1-2H3. The van der Waals surface area contributed by atoms with E-state index in [1.807, 2.05) is 26.4 Å². The Morgan fingerprint density at radius 1 is 1.50 bits per heavy atom. The van der Waals surface area contributed by atoms with Gasteiger partial charge in [-0.15, -0.1) is 0 Å². The molecule has 0 spiro atoms. The number of rotatable bonds is 2. The molecular formula is C10H18N2. The van der Waals surface area contributed by atoms with Gasteiger partial charge in [0.05, 0.1) is 6.33 Å². The fourth-order valence-electron chi connectivity index (χ4n) is 1.16. The lowest BCUT2D eigenvalue weighted by Gasteiger charge is -2.00. The van der Waals surface area contributed by atoms with Gasteiger partial charge in [-0.25, -0.2) is 4.98 Å². The van der Waals surface area contributed by atoms with Crippen LogP contribution < -0.4 is 0 Å². The Labute approximate surface area is 74.6 Å². The van der Waals surface area contributed by atoms with Gasteiger partial charge in [0.15, 0.2) is 0 Å². The average molecular weight is 166 g/mol. The van der Waals surface area contributed by atoms with Crippen molar-refractivity contribution >= 4 is 0 Å². The van der Waals surface area contributed by atoms with Crippen LogP contribution in [0.2, 0.25) is 0 Å². The summed E-state index contributed by atoms with van der Waals surface area (Å²) in [5.41, 5.74) is 1.28. The molecule has 1 aromatic rings. The SMILES string of the molecule is CC.Cc1cncn1CC1CC1. The molecule has 12 heavy (non-hydrogen) atoms. The first-order valence-corrected chi connectivity index (χ1v) is 4.83. The molecule has 1 heterocycles. The minimum atomic E-state index is 0.952. The van der Waals surface area contributed by atoms with Gasteiger partial charge in [0.25, 0.3) is 0 Å². The van der Waals surface area contributed by atoms with Crippen molar-refractivity contribution in [2.75, 3.05) is 0 Å². The fourth-order valence-corrected chi connectivity index (χ4v) is 1.16. The van der Waals surface area contributed by atoms with Crippen molar-refractivity contribution < 1.29 is 0 Å². The van der Waals surface area contributed by atoms with Crippen LogP contribution in [0.25, 0.3) is 0 Å². The van der Waals surface area contributed by atoms with E-state index in [1.165, 1.54) is 25.1 Å². The topological polar surface area (TPSA) is 17.8 Å². The molecule has 1 saturated carbocycles. The van der Waals surface area contributed by atoms with Crippen LogP contribution in [0.15, 0.2) is 12.5 Å². The molecule has 0 bridgehead atoms. The third-order valence-electron chi connectivity index (χ3n) is 2.07. The van der Waals surface area contributed by atoms with Crippen LogP contribution in [-0.2, 0) is 6.54 Å². The van der Waals surface area contributed by atoms with Gasteiger partial charge in [0, 0.05) is 18.4 Å². The van der Waals surface area contributed by atoms with Crippen LogP contribution in [0.4, 0.5) is 0 Å². The molecule has 0 atom stereocenters. The lowest BCUT2D eigenvalue weighted by molar-refractivity contribution is 0.613. The van der Waals surface area contributed by atoms with Crippen LogP contribution >= 0.6 is 0 Å². The van der Waals surface area contributed by atoms with Gasteiger partial charge in [-0.3, -0.25) is 0 Å². The molecule has 0 saturated heterocycles. The zero-order chi connectivity index (χ0) is 8.97. The van der Waals surface area contributed by atoms with Gasteiger partial charge >= 0.3 is 0 Å². The Hall–Kier alpha value is -0.790. The number of aryl methyl sites for hydroxylation is 1. The molecule has 0 radical (unpaired) electrons. The van der Waals surface area contributed by atoms with E-state index in [9.17, 15) is 0 Å². The van der Waals surface area contributed by atoms with Crippen molar-refractivity contribution in [2.45, 2.75) is 40.2 Å². The summed E-state index contributed by atoms with van der Waals surface area (Å²) in [5, 5.41) is 0. The largest absolute Gasteiger partial charge is 0.335 e. The van der Waals surface area contributed by atoms with Crippen molar-refractivity contribution in [1.29, 1.82) is 0 Å². The van der Waals surface area contributed by atoms with Crippen LogP contribution in [0.3, 0.4) is 0 Å². The van der Waals surface area contributed by atoms with Crippen LogP contribution in [-0.4, -0.2) is 9.55 Å². The van der Waals surface area contributed by atoms with Crippen LogP contribution in [0, 0.1) is 12.8 Å². The summed E-state index contributed by atoms with van der Waals surface area (Å²) in [5.74, 6) is 0.952. The molecule has 1 aliphatic rings. The van der Waals surface area contributed by atoms with E-state index < -0.39 is 0 Å². The molecule has 1 fully saturated rings. The predicted octanol–water partition coefficient (Wildman–Crippen LogP) is 2.63. The molecule has 0 unspecified atom stereocenters. The molecule has 1 aliphatic carbocycles. The van der Waals surface area contributed by atoms with Crippen molar-refractivity contribution in [3.63, 3.8) is 0 Å². The Balaban J connectivity index is 0.000000336. The summed E-state index contributed by atoms with van der Waals surface area (Å²) in [7, 11) is 0. The Bertz CT molecular complexity index is 223. The first-order chi connectivity index (χ1) is 5.86. The summed E-state index contributed by atoms with van der Waals surface area (Å²) < 4.78 is 2.23. The second kappa shape index (κ2) is 4.29. The van der Waals surface area contributed by atoms with Crippen LogP contribution in [0.1, 0.15) is 32.4 Å². The normalized spacial score (nSPS) is 15.2. The monoisotopic (exact) mass is 166 g/mol. The summed E-state index contributed by atoms with van der Waals surface area (Å²) in [6.07, 6.45) is 6.67. The molecule has 0 aromatic carbocycles. The molecule has 68 valence electrons. The Kier molecular flexibility index (Phi) is 3.32.